The van der Waals surface area contributed by atoms with Crippen LogP contribution in [0.3, 0.4) is 0 Å². The maximum Gasteiger partial charge on any atom is 0.322 e. The summed E-state index contributed by atoms with van der Waals surface area (Å²) >= 11 is 4.69. The van der Waals surface area contributed by atoms with Crippen LogP contribution in [-0.4, -0.2) is 11.2 Å². The highest BCUT2D eigenvalue weighted by Gasteiger charge is 2.48. The first kappa shape index (κ1) is 7.92. The fourth-order valence-electron chi connectivity index (χ4n) is 0.931. The van der Waals surface area contributed by atoms with Crippen LogP contribution >= 0.6 is 11.6 Å². The molecule has 0 aliphatic heterocycles. The zero-order valence-electron chi connectivity index (χ0n) is 5.24. The monoisotopic (exact) mass is 168 g/mol. The van der Waals surface area contributed by atoms with Crippen LogP contribution in [0.25, 0.3) is 0 Å². The quantitative estimate of drug-likeness (QED) is 0.578. The molecule has 0 saturated heterocycles. The van der Waals surface area contributed by atoms with Crippen molar-refractivity contribution in [3.63, 3.8) is 0 Å². The Hall–Kier alpha value is -0.180. The Morgan fingerprint density at radius 3 is 2.10 bits per heavy atom. The van der Waals surface area contributed by atoms with Gasteiger partial charge in [0.15, 0.2) is 0 Å². The molecule has 1 nitrogen and oxygen atoms in total. The van der Waals surface area contributed by atoms with Crippen LogP contribution in [0, 0.1) is 5.92 Å². The van der Waals surface area contributed by atoms with Crippen molar-refractivity contribution in [3.8, 4) is 0 Å². The molecule has 0 unspecified atom stereocenters. The molecule has 4 heteroatoms. The Balaban J connectivity index is 2.57. The summed E-state index contributed by atoms with van der Waals surface area (Å²) < 4.78 is 25.0. The molecule has 1 saturated carbocycles. The molecule has 0 amide bonds. The first-order chi connectivity index (χ1) is 4.55. The van der Waals surface area contributed by atoms with Crippen molar-refractivity contribution in [2.45, 2.75) is 25.2 Å². The summed E-state index contributed by atoms with van der Waals surface area (Å²) in [5.74, 6) is -4.07. The van der Waals surface area contributed by atoms with Gasteiger partial charge in [0.25, 0.3) is 5.24 Å². The van der Waals surface area contributed by atoms with Crippen LogP contribution in [0.15, 0.2) is 0 Å². The van der Waals surface area contributed by atoms with E-state index in [0.29, 0.717) is 12.8 Å². The molecule has 0 bridgehead atoms. The van der Waals surface area contributed by atoms with E-state index < -0.39 is 17.1 Å². The molecule has 1 aliphatic rings. The Labute approximate surface area is 62.4 Å². The molecule has 0 aromatic rings. The molecule has 0 N–H and O–H groups in total. The molecule has 0 aromatic carbocycles. The summed E-state index contributed by atoms with van der Waals surface area (Å²) in [7, 11) is 0. The van der Waals surface area contributed by atoms with E-state index in [1.54, 1.807) is 0 Å². The Morgan fingerprint density at radius 2 is 2.00 bits per heavy atom. The average molecular weight is 169 g/mol. The number of carbonyl (C=O) groups excluding carboxylic acids is 1. The lowest BCUT2D eigenvalue weighted by Crippen LogP contribution is -2.38. The normalized spacial score (nSPS) is 20.3. The minimum Gasteiger partial charge on any atom is -0.274 e. The second kappa shape index (κ2) is 2.46. The first-order valence-corrected chi connectivity index (χ1v) is 3.50. The van der Waals surface area contributed by atoms with Crippen molar-refractivity contribution in [2.75, 3.05) is 0 Å². The maximum absolute atomic E-state index is 12.5. The van der Waals surface area contributed by atoms with Gasteiger partial charge in [-0.3, -0.25) is 4.79 Å². The lowest BCUT2D eigenvalue weighted by molar-refractivity contribution is -0.147. The van der Waals surface area contributed by atoms with Crippen LogP contribution in [0.2, 0.25) is 0 Å². The number of rotatable bonds is 2. The van der Waals surface area contributed by atoms with Gasteiger partial charge in [-0.15, -0.1) is 0 Å². The van der Waals surface area contributed by atoms with Crippen LogP contribution in [0.4, 0.5) is 8.78 Å². The standard InChI is InChI=1S/C6H7ClF2O/c7-5(10)6(8,9)4-2-1-3-4/h4H,1-3H2. The summed E-state index contributed by atoms with van der Waals surface area (Å²) in [5, 5.41) is -1.52. The fraction of sp³-hybridized carbons (Fsp3) is 0.833. The maximum atomic E-state index is 12.5. The zero-order valence-corrected chi connectivity index (χ0v) is 6.00. The summed E-state index contributed by atoms with van der Waals surface area (Å²) in [6.45, 7) is 0. The molecular weight excluding hydrogens is 162 g/mol. The van der Waals surface area contributed by atoms with E-state index in [1.807, 2.05) is 0 Å². The van der Waals surface area contributed by atoms with E-state index >= 15 is 0 Å². The van der Waals surface area contributed by atoms with Gasteiger partial charge in [-0.2, -0.15) is 8.78 Å². The average Bonchev–Trinajstić information content (AvgIpc) is 1.57. The smallest absolute Gasteiger partial charge is 0.274 e. The van der Waals surface area contributed by atoms with Gasteiger partial charge in [-0.25, -0.2) is 0 Å². The van der Waals surface area contributed by atoms with Crippen LogP contribution in [-0.2, 0) is 4.79 Å². The molecule has 0 heterocycles. The van der Waals surface area contributed by atoms with Gasteiger partial charge in [0.1, 0.15) is 0 Å². The topological polar surface area (TPSA) is 17.1 Å². The predicted molar refractivity (Wildman–Crippen MR) is 33.1 cm³/mol. The summed E-state index contributed by atoms with van der Waals surface area (Å²) in [5.41, 5.74) is 0. The summed E-state index contributed by atoms with van der Waals surface area (Å²) in [6.07, 6.45) is 1.63. The molecule has 1 rings (SSSR count). The lowest BCUT2D eigenvalue weighted by atomic mass is 9.81. The van der Waals surface area contributed by atoms with Gasteiger partial charge in [0, 0.05) is 5.92 Å². The largest absolute Gasteiger partial charge is 0.322 e. The molecule has 0 spiro atoms. The highest BCUT2D eigenvalue weighted by atomic mass is 35.5. The molecular formula is C6H7ClF2O. The van der Waals surface area contributed by atoms with Crippen LogP contribution in [0.5, 0.6) is 0 Å². The second-order valence-corrected chi connectivity index (χ2v) is 2.87. The van der Waals surface area contributed by atoms with Gasteiger partial charge in [0.05, 0.1) is 0 Å². The molecule has 0 aromatic heterocycles. The van der Waals surface area contributed by atoms with Crippen molar-refractivity contribution in [3.05, 3.63) is 0 Å². The van der Waals surface area contributed by atoms with Crippen molar-refractivity contribution in [1.29, 1.82) is 0 Å². The summed E-state index contributed by atoms with van der Waals surface area (Å²) in [6, 6.07) is 0. The number of hydrogen-bond acceptors (Lipinski definition) is 1. The van der Waals surface area contributed by atoms with Gasteiger partial charge < -0.3 is 0 Å². The molecule has 58 valence electrons. The molecule has 0 radical (unpaired) electrons. The van der Waals surface area contributed by atoms with Crippen molar-refractivity contribution in [2.24, 2.45) is 5.92 Å². The molecule has 1 fully saturated rings. The number of carbonyl (C=O) groups is 1. The Bertz CT molecular complexity index is 154. The minimum atomic E-state index is -3.28. The molecule has 0 atom stereocenters. The van der Waals surface area contributed by atoms with E-state index in [9.17, 15) is 13.6 Å². The van der Waals surface area contributed by atoms with Gasteiger partial charge in [-0.05, 0) is 24.4 Å². The van der Waals surface area contributed by atoms with Gasteiger partial charge in [0.2, 0.25) is 0 Å². The predicted octanol–water partition coefficient (Wildman–Crippen LogP) is 2.19. The van der Waals surface area contributed by atoms with E-state index in [0.717, 1.165) is 6.42 Å². The third kappa shape index (κ3) is 1.15. The summed E-state index contributed by atoms with van der Waals surface area (Å²) in [4.78, 5) is 10.1. The first-order valence-electron chi connectivity index (χ1n) is 3.13. The third-order valence-electron chi connectivity index (χ3n) is 1.88. The highest BCUT2D eigenvalue weighted by Crippen LogP contribution is 2.40. The van der Waals surface area contributed by atoms with Crippen molar-refractivity contribution in [1.82, 2.24) is 0 Å². The molecule has 1 aliphatic carbocycles. The lowest BCUT2D eigenvalue weighted by Gasteiger charge is -2.30. The van der Waals surface area contributed by atoms with E-state index in [1.165, 1.54) is 0 Å². The minimum absolute atomic E-state index is 0.422. The van der Waals surface area contributed by atoms with Crippen LogP contribution in [0.1, 0.15) is 19.3 Å². The zero-order chi connectivity index (χ0) is 7.78. The SMILES string of the molecule is O=C(Cl)C(F)(F)C1CCC1. The number of halogens is 3. The van der Waals surface area contributed by atoms with Crippen LogP contribution < -0.4 is 0 Å². The van der Waals surface area contributed by atoms with E-state index in [-0.39, 0.29) is 0 Å². The van der Waals surface area contributed by atoms with Crippen molar-refractivity contribution >= 4 is 16.8 Å². The van der Waals surface area contributed by atoms with E-state index in [4.69, 9.17) is 0 Å². The second-order valence-electron chi connectivity index (χ2n) is 2.52. The van der Waals surface area contributed by atoms with E-state index in [2.05, 4.69) is 11.6 Å². The van der Waals surface area contributed by atoms with Crippen molar-refractivity contribution < 1.29 is 13.6 Å². The number of alkyl halides is 2. The van der Waals surface area contributed by atoms with Gasteiger partial charge >= 0.3 is 5.92 Å². The highest BCUT2D eigenvalue weighted by molar-refractivity contribution is 6.65. The molecule has 10 heavy (non-hydrogen) atoms. The Morgan fingerprint density at radius 1 is 1.50 bits per heavy atom. The Kier molecular flexibility index (Phi) is 1.95. The third-order valence-corrected chi connectivity index (χ3v) is 2.13. The fourth-order valence-corrected chi connectivity index (χ4v) is 1.09. The number of hydrogen-bond donors (Lipinski definition) is 0. The van der Waals surface area contributed by atoms with Gasteiger partial charge in [-0.1, -0.05) is 6.42 Å².